The minimum Gasteiger partial charge on any atom is -0.0615 e. The van der Waals surface area contributed by atoms with Gasteiger partial charge < -0.3 is 4.42 Å². The molecule has 0 N–H and O–H groups in total. The summed E-state index contributed by atoms with van der Waals surface area (Å²) in [4.78, 5) is 20.2. The fourth-order valence-corrected chi connectivity index (χ4v) is 8.99. The quantitative estimate of drug-likeness (QED) is 0.167. The van der Waals surface area contributed by atoms with Crippen LogP contribution in [-0.2, 0) is 0 Å². The first kappa shape index (κ1) is 28.8. The van der Waals surface area contributed by atoms with Gasteiger partial charge in [-0.25, -0.2) is 0 Å². The Morgan fingerprint density at radius 2 is 1.06 bits per heavy atom. The second-order valence-corrected chi connectivity index (χ2v) is 14.4. The maximum absolute atomic E-state index is 6.40. The molecule has 10 aromatic rings. The molecule has 0 fully saturated rings. The molecule has 7 aromatic carbocycles. The van der Waals surface area contributed by atoms with Crippen LogP contribution in [0.2, 0.25) is 0 Å². The summed E-state index contributed by atoms with van der Waals surface area (Å²) in [5, 5.41) is 4.59. The molecule has 50 heavy (non-hydrogen) atoms. The van der Waals surface area contributed by atoms with Crippen molar-refractivity contribution in [2.75, 3.05) is 0 Å². The van der Waals surface area contributed by atoms with E-state index < -0.39 is 0 Å². The number of para-hydroxylation sites is 2. The molecule has 0 aliphatic heterocycles. The normalized spacial score (nSPS) is 11.6. The Morgan fingerprint density at radius 3 is 1.92 bits per heavy atom. The van der Waals surface area contributed by atoms with Gasteiger partial charge in [-0.1, -0.05) is 48.5 Å². The van der Waals surface area contributed by atoms with Crippen molar-refractivity contribution in [1.29, 1.82) is 0 Å². The maximum atomic E-state index is 6.40. The fraction of sp³-hybridized carbons (Fsp3) is 0. The van der Waals surface area contributed by atoms with Crippen LogP contribution in [0.25, 0.3) is 97.9 Å². The SMILES string of the molecule is c1ccc(-c2nc(-c3cccc(-c4ccc5ccc6nc(-c7ccccc7)[se]c6c5c4)c3)nc(-c3cccc4c3oc3ccccc34)n2)cc1. The molecule has 0 aliphatic rings. The summed E-state index contributed by atoms with van der Waals surface area (Å²) in [5.74, 6) is 1.79. The van der Waals surface area contributed by atoms with Gasteiger partial charge in [0.2, 0.25) is 0 Å². The minimum absolute atomic E-state index is 0.120. The minimum atomic E-state index is 0.120. The van der Waals surface area contributed by atoms with Gasteiger partial charge in [-0.3, -0.25) is 0 Å². The van der Waals surface area contributed by atoms with Crippen LogP contribution in [0, 0.1) is 0 Å². The summed E-state index contributed by atoms with van der Waals surface area (Å²) in [6.45, 7) is 0. The molecule has 234 valence electrons. The van der Waals surface area contributed by atoms with Gasteiger partial charge in [0, 0.05) is 10.8 Å². The van der Waals surface area contributed by atoms with Gasteiger partial charge in [-0.15, -0.1) is 0 Å². The van der Waals surface area contributed by atoms with Crippen molar-refractivity contribution in [3.05, 3.63) is 158 Å². The Morgan fingerprint density at radius 1 is 0.420 bits per heavy atom. The molecule has 0 saturated carbocycles. The fourth-order valence-electron chi connectivity index (χ4n) is 6.69. The van der Waals surface area contributed by atoms with Crippen molar-refractivity contribution in [3.63, 3.8) is 0 Å². The van der Waals surface area contributed by atoms with Crippen LogP contribution in [0.4, 0.5) is 0 Å². The van der Waals surface area contributed by atoms with E-state index in [2.05, 4.69) is 97.1 Å². The average molecular weight is 706 g/mol. The van der Waals surface area contributed by atoms with Gasteiger partial charge in [0.1, 0.15) is 5.58 Å². The van der Waals surface area contributed by atoms with Crippen LogP contribution in [0.3, 0.4) is 0 Å². The smallest absolute Gasteiger partial charge is 0.0615 e. The van der Waals surface area contributed by atoms with Gasteiger partial charge in [-0.2, -0.15) is 0 Å². The van der Waals surface area contributed by atoms with E-state index in [1.54, 1.807) is 0 Å². The summed E-state index contributed by atoms with van der Waals surface area (Å²) in [6, 6.07) is 54.4. The third kappa shape index (κ3) is 4.93. The molecule has 0 aliphatic carbocycles. The molecule has 0 atom stereocenters. The summed E-state index contributed by atoms with van der Waals surface area (Å²) < 4.78 is 8.90. The summed E-state index contributed by atoms with van der Waals surface area (Å²) in [6.07, 6.45) is 0. The number of hydrogen-bond donors (Lipinski definition) is 0. The molecule has 0 bridgehead atoms. The zero-order valence-electron chi connectivity index (χ0n) is 26.6. The first-order valence-corrected chi connectivity index (χ1v) is 18.2. The molecule has 5 nitrogen and oxygen atoms in total. The van der Waals surface area contributed by atoms with Gasteiger partial charge >= 0.3 is 219 Å². The number of nitrogens with zero attached hydrogens (tertiary/aromatic N) is 4. The summed E-state index contributed by atoms with van der Waals surface area (Å²) in [7, 11) is 0. The van der Waals surface area contributed by atoms with E-state index in [-0.39, 0.29) is 14.5 Å². The molecular formula is C44H26N4OSe. The average Bonchev–Trinajstić information content (AvgIpc) is 3.81. The molecular weight excluding hydrogens is 679 g/mol. The van der Waals surface area contributed by atoms with Crippen molar-refractivity contribution in [3.8, 4) is 55.4 Å². The summed E-state index contributed by atoms with van der Waals surface area (Å²) >= 11 is 0.120. The van der Waals surface area contributed by atoms with Gasteiger partial charge in [0.05, 0.1) is 0 Å². The molecule has 10 rings (SSSR count). The molecule has 0 unspecified atom stereocenters. The van der Waals surface area contributed by atoms with Crippen molar-refractivity contribution >= 4 is 57.0 Å². The number of benzene rings is 7. The van der Waals surface area contributed by atoms with E-state index in [0.717, 1.165) is 55.3 Å². The topological polar surface area (TPSA) is 64.7 Å². The van der Waals surface area contributed by atoms with E-state index >= 15 is 0 Å². The van der Waals surface area contributed by atoms with Crippen LogP contribution in [-0.4, -0.2) is 34.4 Å². The van der Waals surface area contributed by atoms with E-state index in [1.807, 2.05) is 60.7 Å². The number of fused-ring (bicyclic) bond motifs is 6. The zero-order valence-corrected chi connectivity index (χ0v) is 28.3. The predicted octanol–water partition coefficient (Wildman–Crippen LogP) is 10.9. The Balaban J connectivity index is 1.11. The zero-order chi connectivity index (χ0) is 33.0. The van der Waals surface area contributed by atoms with Crippen LogP contribution in [0.1, 0.15) is 0 Å². The predicted molar refractivity (Wildman–Crippen MR) is 204 cm³/mol. The number of furan rings is 1. The molecule has 0 radical (unpaired) electrons. The first-order chi connectivity index (χ1) is 24.7. The summed E-state index contributed by atoms with van der Waals surface area (Å²) in [5.41, 5.74) is 8.79. The van der Waals surface area contributed by atoms with Crippen molar-refractivity contribution < 1.29 is 4.42 Å². The van der Waals surface area contributed by atoms with Crippen LogP contribution in [0.15, 0.2) is 162 Å². The second kappa shape index (κ2) is 11.7. The molecule has 6 heteroatoms. The van der Waals surface area contributed by atoms with E-state index in [1.165, 1.54) is 25.2 Å². The number of aromatic nitrogens is 4. The first-order valence-electron chi connectivity index (χ1n) is 16.5. The molecule has 3 heterocycles. The Hall–Kier alpha value is -6.20. The number of hydrogen-bond acceptors (Lipinski definition) is 5. The third-order valence-corrected chi connectivity index (χ3v) is 11.6. The third-order valence-electron chi connectivity index (χ3n) is 9.16. The van der Waals surface area contributed by atoms with E-state index in [0.29, 0.717) is 17.5 Å². The van der Waals surface area contributed by atoms with Crippen molar-refractivity contribution in [2.45, 2.75) is 0 Å². The van der Waals surface area contributed by atoms with Crippen LogP contribution >= 0.6 is 0 Å². The van der Waals surface area contributed by atoms with Crippen LogP contribution < -0.4 is 0 Å². The van der Waals surface area contributed by atoms with Crippen LogP contribution in [0.5, 0.6) is 0 Å². The Kier molecular flexibility index (Phi) is 6.76. The Bertz CT molecular complexity index is 2880. The molecule has 3 aromatic heterocycles. The molecule has 0 amide bonds. The monoisotopic (exact) mass is 706 g/mol. The molecule has 0 spiro atoms. The Labute approximate surface area is 293 Å². The number of rotatable bonds is 5. The molecule has 0 saturated heterocycles. The van der Waals surface area contributed by atoms with Gasteiger partial charge in [-0.05, 0) is 6.07 Å². The van der Waals surface area contributed by atoms with Gasteiger partial charge in [0.25, 0.3) is 0 Å². The van der Waals surface area contributed by atoms with Gasteiger partial charge in [0.15, 0.2) is 0 Å². The van der Waals surface area contributed by atoms with Crippen molar-refractivity contribution in [1.82, 2.24) is 19.9 Å². The second-order valence-electron chi connectivity index (χ2n) is 12.3. The van der Waals surface area contributed by atoms with E-state index in [4.69, 9.17) is 24.4 Å². The van der Waals surface area contributed by atoms with E-state index in [9.17, 15) is 0 Å². The standard InChI is InChI=1S/C44H26N4OSe/c1-3-11-28(12-4-1)41-46-42(48-43(47-41)35-19-10-18-34-33-17-7-8-20-38(33)49-39(34)35)32-16-9-15-30(25-32)31-22-21-27-23-24-37-40(36(27)26-31)50-44(45-37)29-13-5-2-6-14-29/h1-26H. The van der Waals surface area contributed by atoms with Crippen molar-refractivity contribution in [2.24, 2.45) is 0 Å².